The van der Waals surface area contributed by atoms with Crippen LogP contribution in [0.1, 0.15) is 68.7 Å². The molecule has 0 bridgehead atoms. The first-order valence-electron chi connectivity index (χ1n) is 12.7. The lowest BCUT2D eigenvalue weighted by atomic mass is 9.64. The zero-order valence-electron chi connectivity index (χ0n) is 22.7. The van der Waals surface area contributed by atoms with E-state index in [9.17, 15) is 28.8 Å². The van der Waals surface area contributed by atoms with Crippen LogP contribution in [-0.4, -0.2) is 34.7 Å². The number of allylic oxidation sites excluding steroid dienone is 2. The van der Waals surface area contributed by atoms with Gasteiger partial charge in [0.15, 0.2) is 34.7 Å². The van der Waals surface area contributed by atoms with E-state index in [2.05, 4.69) is 0 Å². The van der Waals surface area contributed by atoms with Gasteiger partial charge in [-0.3, -0.25) is 28.8 Å². The van der Waals surface area contributed by atoms with Crippen LogP contribution in [0.5, 0.6) is 0 Å². The molecule has 0 saturated heterocycles. The summed E-state index contributed by atoms with van der Waals surface area (Å²) in [5, 5.41) is 0. The summed E-state index contributed by atoms with van der Waals surface area (Å²) in [5.41, 5.74) is -0.0621. The van der Waals surface area contributed by atoms with Crippen molar-refractivity contribution in [3.63, 3.8) is 0 Å². The van der Waals surface area contributed by atoms with Crippen molar-refractivity contribution in [2.45, 2.75) is 48.0 Å². The Bertz CT molecular complexity index is 1310. The number of benzene rings is 2. The molecule has 6 heteroatoms. The monoisotopic (exact) mass is 514 g/mol. The quantitative estimate of drug-likeness (QED) is 0.405. The van der Waals surface area contributed by atoms with E-state index in [1.807, 2.05) is 13.8 Å². The maximum absolute atomic E-state index is 12.4. The van der Waals surface area contributed by atoms with Crippen LogP contribution in [0.2, 0.25) is 0 Å². The van der Waals surface area contributed by atoms with Crippen LogP contribution in [0.4, 0.5) is 0 Å². The average Bonchev–Trinajstić information content (AvgIpc) is 2.88. The molecule has 1 fully saturated rings. The molecule has 1 saturated carbocycles. The van der Waals surface area contributed by atoms with E-state index in [1.54, 1.807) is 94.4 Å². The topological polar surface area (TPSA) is 102 Å². The molecule has 0 N–H and O–H groups in total. The van der Waals surface area contributed by atoms with E-state index in [-0.39, 0.29) is 34.8 Å². The zero-order valence-corrected chi connectivity index (χ0v) is 22.7. The highest BCUT2D eigenvalue weighted by Gasteiger charge is 2.49. The number of carbonyl (C=O) groups is 6. The minimum atomic E-state index is -1.19. The lowest BCUT2D eigenvalue weighted by molar-refractivity contribution is -0.143. The smallest absolute Gasteiger partial charge is 0.181 e. The average molecular weight is 515 g/mol. The van der Waals surface area contributed by atoms with E-state index in [0.29, 0.717) is 23.1 Å². The summed E-state index contributed by atoms with van der Waals surface area (Å²) in [7, 11) is 0. The third-order valence-corrected chi connectivity index (χ3v) is 7.28. The summed E-state index contributed by atoms with van der Waals surface area (Å²) in [6, 6.07) is 17.1. The lowest BCUT2D eigenvalue weighted by Gasteiger charge is -2.35. The Kier molecular flexibility index (Phi) is 8.25. The highest BCUT2D eigenvalue weighted by molar-refractivity contribution is 6.30. The molecule has 3 unspecified atom stereocenters. The number of rotatable bonds is 4. The van der Waals surface area contributed by atoms with Crippen LogP contribution < -0.4 is 0 Å². The fourth-order valence-corrected chi connectivity index (χ4v) is 5.20. The third-order valence-electron chi connectivity index (χ3n) is 7.28. The Hall–Kier alpha value is -3.80. The minimum absolute atomic E-state index is 0.238. The molecule has 4 rings (SSSR count). The summed E-state index contributed by atoms with van der Waals surface area (Å²) in [4.78, 5) is 73.8. The molecule has 2 aromatic rings. The van der Waals surface area contributed by atoms with Gasteiger partial charge in [-0.05, 0) is 32.8 Å². The normalized spacial score (nSPS) is 24.2. The minimum Gasteiger partial charge on any atom is -0.298 e. The van der Waals surface area contributed by atoms with Crippen molar-refractivity contribution in [2.24, 2.45) is 28.6 Å². The van der Waals surface area contributed by atoms with Crippen molar-refractivity contribution in [1.29, 1.82) is 0 Å². The lowest BCUT2D eigenvalue weighted by Crippen LogP contribution is -2.48. The summed E-state index contributed by atoms with van der Waals surface area (Å²) in [6.45, 7) is 10.5. The molecule has 198 valence electrons. The molecule has 0 aromatic heterocycles. The first-order valence-corrected chi connectivity index (χ1v) is 12.7. The summed E-state index contributed by atoms with van der Waals surface area (Å²) in [5.74, 6) is -4.52. The van der Waals surface area contributed by atoms with Crippen LogP contribution in [-0.2, 0) is 19.2 Å². The molecule has 0 spiro atoms. The Morgan fingerprint density at radius 2 is 1.16 bits per heavy atom. The highest BCUT2D eigenvalue weighted by atomic mass is 16.2. The van der Waals surface area contributed by atoms with E-state index in [0.717, 1.165) is 0 Å². The second-order valence-corrected chi connectivity index (χ2v) is 11.4. The maximum atomic E-state index is 12.4. The van der Waals surface area contributed by atoms with Gasteiger partial charge in [-0.25, -0.2) is 0 Å². The molecule has 3 atom stereocenters. The molecular formula is C32H34O6. The number of Topliss-reactive ketones (excluding diaryl/α,β-unsaturated/α-hetero) is 6. The van der Waals surface area contributed by atoms with Gasteiger partial charge in [-0.15, -0.1) is 0 Å². The molecule has 0 heterocycles. The first-order chi connectivity index (χ1) is 17.7. The van der Waals surface area contributed by atoms with Gasteiger partial charge in [-0.2, -0.15) is 0 Å². The van der Waals surface area contributed by atoms with Gasteiger partial charge in [0.1, 0.15) is 11.8 Å². The predicted octanol–water partition coefficient (Wildman–Crippen LogP) is 5.30. The van der Waals surface area contributed by atoms with Crippen LogP contribution in [0, 0.1) is 28.6 Å². The Balaban J connectivity index is 0.000000211. The summed E-state index contributed by atoms with van der Waals surface area (Å²) < 4.78 is 0. The molecule has 38 heavy (non-hydrogen) atoms. The fourth-order valence-electron chi connectivity index (χ4n) is 5.20. The van der Waals surface area contributed by atoms with Crippen molar-refractivity contribution in [3.8, 4) is 0 Å². The van der Waals surface area contributed by atoms with Gasteiger partial charge in [0.2, 0.25) is 0 Å². The zero-order chi connectivity index (χ0) is 28.4. The molecule has 2 aliphatic carbocycles. The fraction of sp³-hybridized carbons (Fsp3) is 0.375. The van der Waals surface area contributed by atoms with Crippen molar-refractivity contribution in [3.05, 3.63) is 83.4 Å². The van der Waals surface area contributed by atoms with Crippen molar-refractivity contribution in [1.82, 2.24) is 0 Å². The number of hydrogen-bond acceptors (Lipinski definition) is 6. The van der Waals surface area contributed by atoms with Crippen LogP contribution in [0.3, 0.4) is 0 Å². The largest absolute Gasteiger partial charge is 0.298 e. The van der Waals surface area contributed by atoms with Crippen LogP contribution in [0.25, 0.3) is 0 Å². The summed E-state index contributed by atoms with van der Waals surface area (Å²) >= 11 is 0. The Morgan fingerprint density at radius 1 is 0.711 bits per heavy atom. The number of carbonyl (C=O) groups excluding carboxylic acids is 6. The highest BCUT2D eigenvalue weighted by Crippen LogP contribution is 2.38. The molecule has 0 aliphatic heterocycles. The Labute approximate surface area is 223 Å². The molecule has 6 nitrogen and oxygen atoms in total. The number of ketones is 6. The van der Waals surface area contributed by atoms with Gasteiger partial charge in [0.25, 0.3) is 0 Å². The van der Waals surface area contributed by atoms with E-state index in [4.69, 9.17) is 0 Å². The summed E-state index contributed by atoms with van der Waals surface area (Å²) in [6.07, 6.45) is 2.16. The first kappa shape index (κ1) is 28.8. The van der Waals surface area contributed by atoms with Gasteiger partial charge < -0.3 is 0 Å². The molecule has 2 aromatic carbocycles. The van der Waals surface area contributed by atoms with Gasteiger partial charge >= 0.3 is 0 Å². The van der Waals surface area contributed by atoms with Gasteiger partial charge in [0.05, 0.1) is 0 Å². The van der Waals surface area contributed by atoms with Crippen LogP contribution >= 0.6 is 0 Å². The van der Waals surface area contributed by atoms with Crippen molar-refractivity contribution >= 4 is 34.7 Å². The molecule has 0 amide bonds. The molecular weight excluding hydrogens is 480 g/mol. The van der Waals surface area contributed by atoms with Gasteiger partial charge in [-0.1, -0.05) is 87.5 Å². The van der Waals surface area contributed by atoms with E-state index < -0.39 is 28.4 Å². The van der Waals surface area contributed by atoms with E-state index >= 15 is 0 Å². The van der Waals surface area contributed by atoms with Crippen molar-refractivity contribution in [2.75, 3.05) is 0 Å². The molecule has 0 radical (unpaired) electrons. The standard InChI is InChI=1S/C16H18O3.C16H16O3/c2*1-10-9-16(2,3)15(19)12(13(10)17)14(18)11-7-5-4-6-8-11/h4-8,10,12H,9H2,1-3H3;4-9,12H,1-3H3. The number of hydrogen-bond donors (Lipinski definition) is 0. The van der Waals surface area contributed by atoms with E-state index in [1.165, 1.54) is 0 Å². The second kappa shape index (κ2) is 10.9. The third kappa shape index (κ3) is 5.69. The van der Waals surface area contributed by atoms with Crippen molar-refractivity contribution < 1.29 is 28.8 Å². The SMILES string of the molecule is CC1=CC(C)(C)C(=O)C(C(=O)c2ccccc2)C1=O.CC1CC(C)(C)C(=O)C(C(=O)c2ccccc2)C1=O. The Morgan fingerprint density at radius 3 is 1.63 bits per heavy atom. The second-order valence-electron chi connectivity index (χ2n) is 11.4. The van der Waals surface area contributed by atoms with Crippen LogP contribution in [0.15, 0.2) is 72.3 Å². The van der Waals surface area contributed by atoms with Gasteiger partial charge in [0, 0.05) is 27.9 Å². The maximum Gasteiger partial charge on any atom is 0.181 e. The molecule has 2 aliphatic rings. The predicted molar refractivity (Wildman–Crippen MR) is 144 cm³/mol.